The van der Waals surface area contributed by atoms with E-state index in [1.54, 1.807) is 42.9 Å². The Labute approximate surface area is 311 Å². The van der Waals surface area contributed by atoms with Gasteiger partial charge in [-0.25, -0.2) is 22.8 Å². The molecule has 276 valence electrons. The molecule has 0 bridgehead atoms. The third-order valence-corrected chi connectivity index (χ3v) is 9.03. The second-order valence-corrected chi connectivity index (χ2v) is 12.6. The van der Waals surface area contributed by atoms with E-state index < -0.39 is 41.0 Å². The lowest BCUT2D eigenvalue weighted by Crippen LogP contribution is -2.48. The van der Waals surface area contributed by atoms with E-state index >= 15 is 8.78 Å². The van der Waals surface area contributed by atoms with Crippen molar-refractivity contribution in [2.45, 2.75) is 24.6 Å². The average Bonchev–Trinajstić information content (AvgIpc) is 3.71. The number of hydrogen-bond acceptors (Lipinski definition) is 8. The Morgan fingerprint density at radius 3 is 2.11 bits per heavy atom. The SMILES string of the molecule is NC(=C(c1ccncc1)c1ccc(CNc2ccc(-c3ccc(C(F)(F)C(O)(Cn4cncn4)c4ccc(F)cc4F)nc3)cc2)cn1)c1ccc(F)cc1. The second kappa shape index (κ2) is 15.3. The summed E-state index contributed by atoms with van der Waals surface area (Å²) >= 11 is 0. The molecule has 4 N–H and O–H groups in total. The number of pyridine rings is 3. The van der Waals surface area contributed by atoms with E-state index in [0.29, 0.717) is 46.3 Å². The first-order valence-corrected chi connectivity index (χ1v) is 16.8. The minimum Gasteiger partial charge on any atom is -0.398 e. The summed E-state index contributed by atoms with van der Waals surface area (Å²) in [5.74, 6) is -6.85. The summed E-state index contributed by atoms with van der Waals surface area (Å²) in [6, 6.07) is 25.0. The van der Waals surface area contributed by atoms with Gasteiger partial charge in [0.15, 0.2) is 5.60 Å². The van der Waals surface area contributed by atoms with Crippen LogP contribution in [0.4, 0.5) is 27.6 Å². The van der Waals surface area contributed by atoms with Gasteiger partial charge in [-0.05, 0) is 95.1 Å². The zero-order chi connectivity index (χ0) is 38.6. The Hall–Kier alpha value is -6.80. The predicted molar refractivity (Wildman–Crippen MR) is 196 cm³/mol. The number of aromatic nitrogens is 6. The highest BCUT2D eigenvalue weighted by atomic mass is 19.3. The lowest BCUT2D eigenvalue weighted by Gasteiger charge is -2.36. The van der Waals surface area contributed by atoms with Gasteiger partial charge in [0.2, 0.25) is 0 Å². The highest BCUT2D eigenvalue weighted by molar-refractivity contribution is 5.96. The molecule has 1 atom stereocenters. The maximum Gasteiger partial charge on any atom is 0.323 e. The number of benzene rings is 3. The van der Waals surface area contributed by atoms with Crippen LogP contribution in [0.5, 0.6) is 0 Å². The van der Waals surface area contributed by atoms with Crippen molar-refractivity contribution < 1.29 is 27.1 Å². The van der Waals surface area contributed by atoms with Gasteiger partial charge in [0.25, 0.3) is 0 Å². The molecule has 0 saturated carbocycles. The van der Waals surface area contributed by atoms with Crippen LogP contribution in [0.2, 0.25) is 0 Å². The molecule has 0 spiro atoms. The molecule has 0 aliphatic rings. The molecule has 0 saturated heterocycles. The number of aliphatic hydroxyl groups is 1. The molecule has 4 heterocycles. The highest BCUT2D eigenvalue weighted by Crippen LogP contribution is 2.47. The summed E-state index contributed by atoms with van der Waals surface area (Å²) in [5.41, 5.74) is 7.78. The maximum atomic E-state index is 16.2. The fourth-order valence-electron chi connectivity index (χ4n) is 6.08. The second-order valence-electron chi connectivity index (χ2n) is 12.6. The summed E-state index contributed by atoms with van der Waals surface area (Å²) in [5, 5.41) is 18.6. The van der Waals surface area contributed by atoms with Crippen molar-refractivity contribution >= 4 is 17.0 Å². The van der Waals surface area contributed by atoms with E-state index in [1.165, 1.54) is 24.4 Å². The minimum absolute atomic E-state index is 0.364. The Bertz CT molecular complexity index is 2410. The normalized spacial score (nSPS) is 13.2. The monoisotopic (exact) mass is 746 g/mol. The number of nitrogens with zero attached hydrogens (tertiary/aromatic N) is 6. The van der Waals surface area contributed by atoms with Gasteiger partial charge in [0.1, 0.15) is 35.8 Å². The standard InChI is InChI=1S/C41H31F5N8O/c42-31-7-2-29(3-8-31)39(47)38(28-15-17-48-18-16-28)36-13-1-26(21-51-36)20-50-33-10-4-27(5-11-33)30-6-14-37(52-22-30)41(45,46)40(55,23-54-25-49-24-53-54)34-12-9-32(43)19-35(34)44/h1-19,21-22,24-25,50,55H,20,23,47H2. The molecule has 0 amide bonds. The van der Waals surface area contributed by atoms with E-state index in [1.807, 2.05) is 36.4 Å². The summed E-state index contributed by atoms with van der Waals surface area (Å²) in [4.78, 5) is 16.4. The van der Waals surface area contributed by atoms with Gasteiger partial charge < -0.3 is 16.2 Å². The summed E-state index contributed by atoms with van der Waals surface area (Å²) in [6.07, 6.45) is 8.45. The third kappa shape index (κ3) is 7.66. The van der Waals surface area contributed by atoms with E-state index in [4.69, 9.17) is 5.73 Å². The van der Waals surface area contributed by atoms with Crippen molar-refractivity contribution in [3.05, 3.63) is 192 Å². The maximum absolute atomic E-state index is 16.2. The quantitative estimate of drug-likeness (QED) is 0.109. The molecule has 9 nitrogen and oxygen atoms in total. The van der Waals surface area contributed by atoms with Gasteiger partial charge >= 0.3 is 5.92 Å². The molecule has 14 heteroatoms. The van der Waals surface area contributed by atoms with Gasteiger partial charge in [-0.2, -0.15) is 13.9 Å². The minimum atomic E-state index is -4.15. The molecule has 0 fully saturated rings. The smallest absolute Gasteiger partial charge is 0.323 e. The summed E-state index contributed by atoms with van der Waals surface area (Å²) < 4.78 is 75.4. The van der Waals surface area contributed by atoms with Gasteiger partial charge in [0.05, 0.1) is 12.2 Å². The molecule has 55 heavy (non-hydrogen) atoms. The Morgan fingerprint density at radius 2 is 1.47 bits per heavy atom. The summed E-state index contributed by atoms with van der Waals surface area (Å²) in [7, 11) is 0. The molecule has 7 aromatic rings. The lowest BCUT2D eigenvalue weighted by molar-refractivity contribution is -0.207. The fourth-order valence-corrected chi connectivity index (χ4v) is 6.08. The van der Waals surface area contributed by atoms with Gasteiger partial charge in [-0.15, -0.1) is 0 Å². The van der Waals surface area contributed by atoms with Crippen LogP contribution in [0.25, 0.3) is 22.4 Å². The number of hydrogen-bond donors (Lipinski definition) is 3. The first kappa shape index (κ1) is 36.6. The topological polar surface area (TPSA) is 128 Å². The van der Waals surface area contributed by atoms with Crippen molar-refractivity contribution in [1.29, 1.82) is 0 Å². The molecule has 0 aliphatic heterocycles. The van der Waals surface area contributed by atoms with Crippen molar-refractivity contribution in [3.63, 3.8) is 0 Å². The van der Waals surface area contributed by atoms with Crippen LogP contribution >= 0.6 is 0 Å². The number of alkyl halides is 2. The molecule has 3 aromatic carbocycles. The van der Waals surface area contributed by atoms with Crippen LogP contribution in [-0.2, 0) is 24.6 Å². The van der Waals surface area contributed by atoms with Crippen LogP contribution in [0, 0.1) is 17.5 Å². The third-order valence-electron chi connectivity index (χ3n) is 9.03. The Morgan fingerprint density at radius 1 is 0.745 bits per heavy atom. The molecule has 0 aliphatic carbocycles. The molecular weight excluding hydrogens is 715 g/mol. The first-order chi connectivity index (χ1) is 26.5. The van der Waals surface area contributed by atoms with Crippen LogP contribution in [0.15, 0.2) is 141 Å². The van der Waals surface area contributed by atoms with Crippen molar-refractivity contribution in [2.24, 2.45) is 5.73 Å². The fraction of sp³-hybridized carbons (Fsp3) is 0.0976. The van der Waals surface area contributed by atoms with Crippen LogP contribution in [0.3, 0.4) is 0 Å². The summed E-state index contributed by atoms with van der Waals surface area (Å²) in [6.45, 7) is -0.456. The van der Waals surface area contributed by atoms with Gasteiger partial charge in [0, 0.05) is 65.5 Å². The molecule has 7 rings (SSSR count). The zero-order valence-corrected chi connectivity index (χ0v) is 28.8. The number of rotatable bonds is 12. The van der Waals surface area contributed by atoms with Crippen molar-refractivity contribution in [3.8, 4) is 11.1 Å². The molecule has 4 aromatic heterocycles. The van der Waals surface area contributed by atoms with E-state index in [2.05, 4.69) is 30.4 Å². The van der Waals surface area contributed by atoms with Crippen LogP contribution in [0.1, 0.15) is 33.6 Å². The van der Waals surface area contributed by atoms with Gasteiger partial charge in [-0.3, -0.25) is 15.0 Å². The number of halogens is 5. The Balaban J connectivity index is 1.05. The molecule has 0 radical (unpaired) electrons. The van der Waals surface area contributed by atoms with E-state index in [0.717, 1.165) is 52.3 Å². The largest absolute Gasteiger partial charge is 0.398 e. The molecular formula is C41H31F5N8O. The predicted octanol–water partition coefficient (Wildman–Crippen LogP) is 7.71. The Kier molecular flexibility index (Phi) is 10.2. The first-order valence-electron chi connectivity index (χ1n) is 16.8. The van der Waals surface area contributed by atoms with E-state index in [-0.39, 0.29) is 5.82 Å². The average molecular weight is 747 g/mol. The van der Waals surface area contributed by atoms with Gasteiger partial charge in [-0.1, -0.05) is 24.3 Å². The lowest BCUT2D eigenvalue weighted by atomic mass is 9.84. The van der Waals surface area contributed by atoms with Crippen molar-refractivity contribution in [1.82, 2.24) is 29.7 Å². The van der Waals surface area contributed by atoms with Crippen molar-refractivity contribution in [2.75, 3.05) is 5.32 Å². The number of nitrogens with one attached hydrogen (secondary N) is 1. The van der Waals surface area contributed by atoms with Crippen LogP contribution in [-0.4, -0.2) is 34.8 Å². The zero-order valence-electron chi connectivity index (χ0n) is 28.8. The molecule has 1 unspecified atom stereocenters. The number of anilines is 1. The number of nitrogens with two attached hydrogens (primary N) is 1. The highest BCUT2D eigenvalue weighted by Gasteiger charge is 2.57. The van der Waals surface area contributed by atoms with E-state index in [9.17, 15) is 18.3 Å². The van der Waals surface area contributed by atoms with Crippen LogP contribution < -0.4 is 11.1 Å².